The Balaban J connectivity index is 1.66. The Bertz CT molecular complexity index is 938. The molecule has 27 heavy (non-hydrogen) atoms. The number of rotatable bonds is 3. The fourth-order valence-corrected chi connectivity index (χ4v) is 3.58. The molecule has 0 N–H and O–H groups in total. The Morgan fingerprint density at radius 1 is 1.00 bits per heavy atom. The lowest BCUT2D eigenvalue weighted by Crippen LogP contribution is -2.40. The lowest BCUT2D eigenvalue weighted by molar-refractivity contribution is 0.0815. The Morgan fingerprint density at radius 3 is 2.33 bits per heavy atom. The van der Waals surface area contributed by atoms with Crippen molar-refractivity contribution in [3.05, 3.63) is 59.2 Å². The molecule has 2 aromatic carbocycles. The molecule has 0 bridgehead atoms. The van der Waals surface area contributed by atoms with E-state index in [0.29, 0.717) is 28.2 Å². The third kappa shape index (κ3) is 2.71. The average Bonchev–Trinajstić information content (AvgIpc) is 3.04. The normalized spacial score (nSPS) is 18.2. The third-order valence-corrected chi connectivity index (χ3v) is 5.02. The van der Waals surface area contributed by atoms with Gasteiger partial charge in [-0.3, -0.25) is 14.5 Å². The molecule has 1 unspecified atom stereocenters. The summed E-state index contributed by atoms with van der Waals surface area (Å²) in [5.74, 6) is 0.698. The van der Waals surface area contributed by atoms with Crippen molar-refractivity contribution in [1.29, 1.82) is 0 Å². The first-order valence-electron chi connectivity index (χ1n) is 8.51. The summed E-state index contributed by atoms with van der Waals surface area (Å²) < 4.78 is 10.3. The van der Waals surface area contributed by atoms with Crippen LogP contribution in [-0.2, 0) is 0 Å². The van der Waals surface area contributed by atoms with Crippen molar-refractivity contribution < 1.29 is 23.9 Å². The summed E-state index contributed by atoms with van der Waals surface area (Å²) in [6.07, 6.45) is 0. The van der Waals surface area contributed by atoms with Gasteiger partial charge in [0.15, 0.2) is 5.78 Å². The van der Waals surface area contributed by atoms with Crippen molar-refractivity contribution in [2.24, 2.45) is 0 Å². The first-order chi connectivity index (χ1) is 13.0. The number of ketones is 1. The predicted molar refractivity (Wildman–Crippen MR) is 96.2 cm³/mol. The van der Waals surface area contributed by atoms with Crippen molar-refractivity contribution in [3.8, 4) is 11.5 Å². The highest BCUT2D eigenvalue weighted by Crippen LogP contribution is 2.38. The molecule has 4 rings (SSSR count). The highest BCUT2D eigenvalue weighted by Gasteiger charge is 2.46. The van der Waals surface area contributed by atoms with Gasteiger partial charge in [0, 0.05) is 11.1 Å². The predicted octanol–water partition coefficient (Wildman–Crippen LogP) is 2.52. The van der Waals surface area contributed by atoms with E-state index < -0.39 is 11.9 Å². The van der Waals surface area contributed by atoms with Crippen LogP contribution in [0.2, 0.25) is 0 Å². The number of hydrogen-bond donors (Lipinski definition) is 0. The molecule has 0 aliphatic carbocycles. The minimum absolute atomic E-state index is 0.0325. The number of carbonyl (C=O) groups is 3. The number of imide groups is 1. The van der Waals surface area contributed by atoms with E-state index in [1.54, 1.807) is 56.7 Å². The zero-order chi connectivity index (χ0) is 19.1. The molecule has 1 saturated heterocycles. The van der Waals surface area contributed by atoms with Crippen LogP contribution < -0.4 is 9.47 Å². The van der Waals surface area contributed by atoms with Gasteiger partial charge in [-0.15, -0.1) is 0 Å². The van der Waals surface area contributed by atoms with Crippen LogP contribution in [-0.4, -0.2) is 54.8 Å². The SMILES string of the molecule is COc1ccc(C(=O)N2CC3c4cc(OC)ccc4C(=O)CN3C2=O)cc1. The summed E-state index contributed by atoms with van der Waals surface area (Å²) in [5.41, 5.74) is 1.67. The molecule has 3 amide bonds. The number of benzene rings is 2. The summed E-state index contributed by atoms with van der Waals surface area (Å²) in [7, 11) is 3.09. The van der Waals surface area contributed by atoms with Crippen LogP contribution in [0.3, 0.4) is 0 Å². The van der Waals surface area contributed by atoms with Crippen molar-refractivity contribution in [1.82, 2.24) is 9.80 Å². The fourth-order valence-electron chi connectivity index (χ4n) is 3.58. The van der Waals surface area contributed by atoms with Gasteiger partial charge in [-0.25, -0.2) is 4.79 Å². The van der Waals surface area contributed by atoms with Crippen molar-refractivity contribution >= 4 is 17.7 Å². The van der Waals surface area contributed by atoms with E-state index in [4.69, 9.17) is 9.47 Å². The molecule has 0 radical (unpaired) electrons. The van der Waals surface area contributed by atoms with Crippen molar-refractivity contribution in [3.63, 3.8) is 0 Å². The van der Waals surface area contributed by atoms with Gasteiger partial charge in [0.25, 0.3) is 5.91 Å². The van der Waals surface area contributed by atoms with Gasteiger partial charge in [-0.1, -0.05) is 0 Å². The van der Waals surface area contributed by atoms with E-state index in [1.807, 2.05) is 0 Å². The Labute approximate surface area is 156 Å². The van der Waals surface area contributed by atoms with Crippen LogP contribution in [0.25, 0.3) is 0 Å². The molecule has 0 saturated carbocycles. The van der Waals surface area contributed by atoms with Gasteiger partial charge in [0.2, 0.25) is 0 Å². The minimum atomic E-state index is -0.456. The lowest BCUT2D eigenvalue weighted by Gasteiger charge is -2.29. The maximum absolute atomic E-state index is 12.8. The number of nitrogens with zero attached hydrogens (tertiary/aromatic N) is 2. The zero-order valence-corrected chi connectivity index (χ0v) is 15.0. The van der Waals surface area contributed by atoms with Crippen LogP contribution >= 0.6 is 0 Å². The number of hydrogen-bond acceptors (Lipinski definition) is 5. The van der Waals surface area contributed by atoms with Crippen LogP contribution in [0.15, 0.2) is 42.5 Å². The standard InChI is InChI=1S/C20H18N2O5/c1-26-13-5-3-12(4-6-13)19(24)22-10-17-16-9-14(27-2)7-8-15(16)18(23)11-21(17)20(22)25/h3-9,17H,10-11H2,1-2H3. The highest BCUT2D eigenvalue weighted by molar-refractivity contribution is 6.08. The van der Waals surface area contributed by atoms with Crippen LogP contribution in [0.4, 0.5) is 4.79 Å². The van der Waals surface area contributed by atoms with Gasteiger partial charge < -0.3 is 14.4 Å². The van der Waals surface area contributed by atoms with Gasteiger partial charge in [-0.05, 0) is 48.0 Å². The van der Waals surface area contributed by atoms with E-state index >= 15 is 0 Å². The Hall–Kier alpha value is -3.35. The van der Waals surface area contributed by atoms with Gasteiger partial charge in [0.1, 0.15) is 11.5 Å². The fraction of sp³-hybridized carbons (Fsp3) is 0.250. The van der Waals surface area contributed by atoms with Gasteiger partial charge in [0.05, 0.1) is 33.4 Å². The summed E-state index contributed by atoms with van der Waals surface area (Å²) in [6, 6.07) is 11.0. The minimum Gasteiger partial charge on any atom is -0.497 e. The van der Waals surface area contributed by atoms with E-state index in [1.165, 1.54) is 9.80 Å². The largest absolute Gasteiger partial charge is 0.497 e. The van der Waals surface area contributed by atoms with Crippen molar-refractivity contribution in [2.45, 2.75) is 6.04 Å². The Kier molecular flexibility index (Phi) is 4.07. The third-order valence-electron chi connectivity index (χ3n) is 5.02. The van der Waals surface area contributed by atoms with E-state index in [2.05, 4.69) is 0 Å². The second kappa shape index (κ2) is 6.42. The van der Waals surface area contributed by atoms with Gasteiger partial charge >= 0.3 is 6.03 Å². The molecule has 7 heteroatoms. The number of Topliss-reactive ketones (excluding diaryl/α,β-unsaturated/α-hetero) is 1. The second-order valence-corrected chi connectivity index (χ2v) is 6.45. The molecular formula is C20H18N2O5. The van der Waals surface area contributed by atoms with E-state index in [0.717, 1.165) is 0 Å². The number of carbonyl (C=O) groups excluding carboxylic acids is 3. The molecule has 138 valence electrons. The monoisotopic (exact) mass is 366 g/mol. The smallest absolute Gasteiger partial charge is 0.328 e. The molecule has 7 nitrogen and oxygen atoms in total. The van der Waals surface area contributed by atoms with Crippen LogP contribution in [0.5, 0.6) is 11.5 Å². The quantitative estimate of drug-likeness (QED) is 0.834. The molecule has 0 aromatic heterocycles. The van der Waals surface area contributed by atoms with Crippen LogP contribution in [0.1, 0.15) is 32.3 Å². The molecule has 2 aromatic rings. The first-order valence-corrected chi connectivity index (χ1v) is 8.51. The maximum Gasteiger partial charge on any atom is 0.328 e. The van der Waals surface area contributed by atoms with E-state index in [-0.39, 0.29) is 24.9 Å². The second-order valence-electron chi connectivity index (χ2n) is 6.45. The molecule has 1 fully saturated rings. The molecule has 1 atom stereocenters. The molecule has 2 aliphatic rings. The molecular weight excluding hydrogens is 348 g/mol. The summed E-state index contributed by atoms with van der Waals surface area (Å²) >= 11 is 0. The summed E-state index contributed by atoms with van der Waals surface area (Å²) in [5, 5.41) is 0. The number of methoxy groups -OCH3 is 2. The first kappa shape index (κ1) is 17.1. The zero-order valence-electron chi connectivity index (χ0n) is 15.0. The number of urea groups is 1. The topological polar surface area (TPSA) is 76.2 Å². The highest BCUT2D eigenvalue weighted by atomic mass is 16.5. The average molecular weight is 366 g/mol. The number of ether oxygens (including phenoxy) is 2. The Morgan fingerprint density at radius 2 is 1.67 bits per heavy atom. The summed E-state index contributed by atoms with van der Waals surface area (Å²) in [6.45, 7) is 0.159. The van der Waals surface area contributed by atoms with E-state index in [9.17, 15) is 14.4 Å². The van der Waals surface area contributed by atoms with Crippen molar-refractivity contribution in [2.75, 3.05) is 27.3 Å². The summed E-state index contributed by atoms with van der Waals surface area (Å²) in [4.78, 5) is 40.7. The van der Waals surface area contributed by atoms with Gasteiger partial charge in [-0.2, -0.15) is 0 Å². The number of fused-ring (bicyclic) bond motifs is 3. The van der Waals surface area contributed by atoms with Crippen LogP contribution in [0, 0.1) is 0 Å². The molecule has 0 spiro atoms. The lowest BCUT2D eigenvalue weighted by atomic mass is 9.92. The number of amides is 3. The molecule has 2 aliphatic heterocycles. The maximum atomic E-state index is 12.8. The molecule has 2 heterocycles.